The summed E-state index contributed by atoms with van der Waals surface area (Å²) in [6.07, 6.45) is 7.43. The number of amides is 1. The molecule has 0 radical (unpaired) electrons. The summed E-state index contributed by atoms with van der Waals surface area (Å²) in [7, 11) is 0. The number of nitrogens with zero attached hydrogens (tertiary/aromatic N) is 4. The number of fused-ring (bicyclic) bond motifs is 1. The molecule has 2 aliphatic rings. The molecule has 144 valence electrons. The first-order chi connectivity index (χ1) is 12.9. The van der Waals surface area contributed by atoms with Gasteiger partial charge in [0.2, 0.25) is 5.91 Å². The van der Waals surface area contributed by atoms with E-state index in [9.17, 15) is 9.59 Å². The Morgan fingerprint density at radius 1 is 1.33 bits per heavy atom. The number of rotatable bonds is 5. The summed E-state index contributed by atoms with van der Waals surface area (Å²) in [4.78, 5) is 39.3. The Balaban J connectivity index is 1.54. The maximum Gasteiger partial charge on any atom is 0.254 e. The lowest BCUT2D eigenvalue weighted by molar-refractivity contribution is -0.135. The van der Waals surface area contributed by atoms with Gasteiger partial charge in [-0.3, -0.25) is 9.59 Å². The number of carbonyl (C=O) groups is 1. The van der Waals surface area contributed by atoms with Gasteiger partial charge in [0.1, 0.15) is 17.7 Å². The lowest BCUT2D eigenvalue weighted by atomic mass is 10.0. The quantitative estimate of drug-likeness (QED) is 0.876. The SMILES string of the molecule is CC(C)c1nccn1[C@@H](C)C(=O)N1CCc2c(nc(CC3CC3)[nH]c2=O)C1. The van der Waals surface area contributed by atoms with Crippen molar-refractivity contribution in [3.8, 4) is 0 Å². The summed E-state index contributed by atoms with van der Waals surface area (Å²) < 4.78 is 1.95. The molecule has 0 unspecified atom stereocenters. The molecule has 0 bridgehead atoms. The van der Waals surface area contributed by atoms with E-state index in [1.54, 1.807) is 6.20 Å². The van der Waals surface area contributed by atoms with Crippen molar-refractivity contribution in [1.82, 2.24) is 24.4 Å². The van der Waals surface area contributed by atoms with Gasteiger partial charge in [0.15, 0.2) is 0 Å². The van der Waals surface area contributed by atoms with Gasteiger partial charge < -0.3 is 14.5 Å². The average molecular weight is 369 g/mol. The van der Waals surface area contributed by atoms with Crippen LogP contribution < -0.4 is 5.56 Å². The highest BCUT2D eigenvalue weighted by Gasteiger charge is 2.30. The molecule has 1 atom stereocenters. The van der Waals surface area contributed by atoms with Crippen LogP contribution in [0.3, 0.4) is 0 Å². The van der Waals surface area contributed by atoms with Gasteiger partial charge in [-0.2, -0.15) is 0 Å². The van der Waals surface area contributed by atoms with Crippen molar-refractivity contribution in [2.24, 2.45) is 5.92 Å². The lowest BCUT2D eigenvalue weighted by Crippen LogP contribution is -2.42. The molecule has 1 aliphatic heterocycles. The van der Waals surface area contributed by atoms with Gasteiger partial charge in [0, 0.05) is 36.8 Å². The summed E-state index contributed by atoms with van der Waals surface area (Å²) in [5.74, 6) is 2.63. The second kappa shape index (κ2) is 6.94. The van der Waals surface area contributed by atoms with E-state index in [0.29, 0.717) is 25.4 Å². The van der Waals surface area contributed by atoms with Crippen molar-refractivity contribution in [3.63, 3.8) is 0 Å². The molecule has 3 heterocycles. The minimum Gasteiger partial charge on any atom is -0.335 e. The van der Waals surface area contributed by atoms with Crippen molar-refractivity contribution in [2.75, 3.05) is 6.54 Å². The van der Waals surface area contributed by atoms with Crippen LogP contribution in [0.4, 0.5) is 0 Å². The fourth-order valence-corrected chi connectivity index (χ4v) is 3.85. The zero-order valence-corrected chi connectivity index (χ0v) is 16.2. The molecule has 1 saturated carbocycles. The normalized spacial score (nSPS) is 17.9. The standard InChI is InChI=1S/C20H27N5O2/c1-12(2)18-21-7-9-25(18)13(3)20(27)24-8-6-15-16(11-24)22-17(23-19(15)26)10-14-4-5-14/h7,9,12-14H,4-6,8,10-11H2,1-3H3,(H,22,23,26)/t13-/m0/s1. The van der Waals surface area contributed by atoms with E-state index in [2.05, 4.69) is 28.8 Å². The number of aromatic amines is 1. The average Bonchev–Trinajstić information content (AvgIpc) is 3.31. The Kier molecular flexibility index (Phi) is 4.61. The fourth-order valence-electron chi connectivity index (χ4n) is 3.85. The minimum atomic E-state index is -0.320. The van der Waals surface area contributed by atoms with E-state index in [0.717, 1.165) is 29.3 Å². The van der Waals surface area contributed by atoms with Gasteiger partial charge in [0.05, 0.1) is 12.2 Å². The van der Waals surface area contributed by atoms with Crippen LogP contribution in [0.2, 0.25) is 0 Å². The molecule has 1 N–H and O–H groups in total. The highest BCUT2D eigenvalue weighted by Crippen LogP contribution is 2.31. The van der Waals surface area contributed by atoms with E-state index in [4.69, 9.17) is 0 Å². The van der Waals surface area contributed by atoms with Crippen LogP contribution in [0, 0.1) is 5.92 Å². The lowest BCUT2D eigenvalue weighted by Gasteiger charge is -2.31. The Labute approximate surface area is 158 Å². The van der Waals surface area contributed by atoms with Crippen molar-refractivity contribution in [1.29, 1.82) is 0 Å². The Morgan fingerprint density at radius 2 is 2.11 bits per heavy atom. The highest BCUT2D eigenvalue weighted by atomic mass is 16.2. The van der Waals surface area contributed by atoms with E-state index in [-0.39, 0.29) is 23.4 Å². The van der Waals surface area contributed by atoms with Crippen molar-refractivity contribution in [3.05, 3.63) is 45.7 Å². The Morgan fingerprint density at radius 3 is 2.81 bits per heavy atom. The Hall–Kier alpha value is -2.44. The third-order valence-electron chi connectivity index (χ3n) is 5.60. The molecule has 1 amide bonds. The third kappa shape index (κ3) is 3.55. The molecule has 27 heavy (non-hydrogen) atoms. The molecule has 7 heteroatoms. The predicted molar refractivity (Wildman–Crippen MR) is 101 cm³/mol. The summed E-state index contributed by atoms with van der Waals surface area (Å²) >= 11 is 0. The second-order valence-corrected chi connectivity index (χ2v) is 8.12. The molecule has 1 aliphatic carbocycles. The molecular weight excluding hydrogens is 342 g/mol. The predicted octanol–water partition coefficient (Wildman–Crippen LogP) is 2.19. The number of hydrogen-bond donors (Lipinski definition) is 1. The number of hydrogen-bond acceptors (Lipinski definition) is 4. The molecular formula is C20H27N5O2. The largest absolute Gasteiger partial charge is 0.335 e. The molecule has 2 aromatic heterocycles. The summed E-state index contributed by atoms with van der Waals surface area (Å²) in [5.41, 5.74) is 1.46. The van der Waals surface area contributed by atoms with Crippen LogP contribution in [0.25, 0.3) is 0 Å². The van der Waals surface area contributed by atoms with Crippen LogP contribution in [0.1, 0.15) is 68.5 Å². The molecule has 4 rings (SSSR count). The maximum atomic E-state index is 13.1. The first-order valence-corrected chi connectivity index (χ1v) is 9.86. The van der Waals surface area contributed by atoms with Crippen molar-refractivity contribution >= 4 is 5.91 Å². The second-order valence-electron chi connectivity index (χ2n) is 8.12. The van der Waals surface area contributed by atoms with Gasteiger partial charge in [-0.15, -0.1) is 0 Å². The van der Waals surface area contributed by atoms with Crippen molar-refractivity contribution in [2.45, 2.75) is 65.0 Å². The molecule has 2 aromatic rings. The van der Waals surface area contributed by atoms with Gasteiger partial charge in [-0.1, -0.05) is 13.8 Å². The van der Waals surface area contributed by atoms with Crippen LogP contribution in [0.15, 0.2) is 17.2 Å². The van der Waals surface area contributed by atoms with E-state index in [1.807, 2.05) is 22.6 Å². The van der Waals surface area contributed by atoms with Gasteiger partial charge in [-0.25, -0.2) is 9.97 Å². The van der Waals surface area contributed by atoms with E-state index < -0.39 is 0 Å². The zero-order valence-electron chi connectivity index (χ0n) is 16.2. The summed E-state index contributed by atoms with van der Waals surface area (Å²) in [6, 6.07) is -0.320. The monoisotopic (exact) mass is 369 g/mol. The van der Waals surface area contributed by atoms with Crippen LogP contribution in [-0.2, 0) is 24.2 Å². The topological polar surface area (TPSA) is 83.9 Å². The first-order valence-electron chi connectivity index (χ1n) is 9.86. The number of imidazole rings is 1. The number of aromatic nitrogens is 4. The number of carbonyl (C=O) groups excluding carboxylic acids is 1. The van der Waals surface area contributed by atoms with Gasteiger partial charge in [0.25, 0.3) is 5.56 Å². The van der Waals surface area contributed by atoms with Crippen LogP contribution >= 0.6 is 0 Å². The summed E-state index contributed by atoms with van der Waals surface area (Å²) in [5, 5.41) is 0. The molecule has 1 fully saturated rings. The van der Waals surface area contributed by atoms with Gasteiger partial charge in [-0.05, 0) is 32.1 Å². The number of nitrogens with one attached hydrogen (secondary N) is 1. The van der Waals surface area contributed by atoms with E-state index >= 15 is 0 Å². The highest BCUT2D eigenvalue weighted by molar-refractivity contribution is 5.80. The molecule has 7 nitrogen and oxygen atoms in total. The maximum absolute atomic E-state index is 13.1. The molecule has 0 spiro atoms. The Bertz CT molecular complexity index is 909. The minimum absolute atomic E-state index is 0.0347. The third-order valence-corrected chi connectivity index (χ3v) is 5.60. The van der Waals surface area contributed by atoms with Gasteiger partial charge >= 0.3 is 0 Å². The molecule has 0 aromatic carbocycles. The summed E-state index contributed by atoms with van der Waals surface area (Å²) in [6.45, 7) is 7.02. The fraction of sp³-hybridized carbons (Fsp3) is 0.600. The zero-order chi connectivity index (χ0) is 19.1. The van der Waals surface area contributed by atoms with Crippen LogP contribution in [-0.4, -0.2) is 36.9 Å². The van der Waals surface area contributed by atoms with E-state index in [1.165, 1.54) is 12.8 Å². The number of H-pyrrole nitrogens is 1. The molecule has 0 saturated heterocycles. The smallest absolute Gasteiger partial charge is 0.254 e. The van der Waals surface area contributed by atoms with Crippen LogP contribution in [0.5, 0.6) is 0 Å². The first kappa shape index (κ1) is 17.9. The van der Waals surface area contributed by atoms with Crippen molar-refractivity contribution < 1.29 is 4.79 Å².